The van der Waals surface area contributed by atoms with E-state index in [-0.39, 0.29) is 5.56 Å². The molecule has 0 radical (unpaired) electrons. The van der Waals surface area contributed by atoms with Gasteiger partial charge in [0.2, 0.25) is 0 Å². The highest BCUT2D eigenvalue weighted by Gasteiger charge is 2.21. The molecule has 15 heavy (non-hydrogen) atoms. The lowest BCUT2D eigenvalue weighted by molar-refractivity contribution is 0.593. The van der Waals surface area contributed by atoms with Crippen molar-refractivity contribution in [1.29, 1.82) is 0 Å². The van der Waals surface area contributed by atoms with Gasteiger partial charge in [-0.25, -0.2) is 10.4 Å². The SMILES string of the molecule is O=c1ccc2c(cn1)=C1CNNC1CC=2. The van der Waals surface area contributed by atoms with Crippen LogP contribution in [-0.4, -0.2) is 17.6 Å². The Bertz CT molecular complexity index is 579. The van der Waals surface area contributed by atoms with Crippen molar-refractivity contribution in [2.45, 2.75) is 12.5 Å². The molecule has 2 N–H and O–H groups in total. The maximum absolute atomic E-state index is 11.2. The molecular formula is C11H11N3O. The van der Waals surface area contributed by atoms with Crippen LogP contribution < -0.4 is 26.8 Å². The molecule has 0 spiro atoms. The first-order valence-electron chi connectivity index (χ1n) is 5.02. The van der Waals surface area contributed by atoms with Gasteiger partial charge in [-0.2, -0.15) is 0 Å². The van der Waals surface area contributed by atoms with Crippen LogP contribution in [0.4, 0.5) is 0 Å². The van der Waals surface area contributed by atoms with Gasteiger partial charge in [0.1, 0.15) is 0 Å². The highest BCUT2D eigenvalue weighted by molar-refractivity contribution is 5.59. The fourth-order valence-corrected chi connectivity index (χ4v) is 2.15. The summed E-state index contributed by atoms with van der Waals surface area (Å²) in [6, 6.07) is 3.73. The monoisotopic (exact) mass is 201 g/mol. The Balaban J connectivity index is 2.43. The van der Waals surface area contributed by atoms with Gasteiger partial charge in [-0.05, 0) is 23.3 Å². The van der Waals surface area contributed by atoms with Crippen molar-refractivity contribution < 1.29 is 0 Å². The van der Waals surface area contributed by atoms with Crippen LogP contribution in [0.25, 0.3) is 11.6 Å². The summed E-state index contributed by atoms with van der Waals surface area (Å²) in [5.74, 6) is 0. The molecule has 1 aromatic heterocycles. The van der Waals surface area contributed by atoms with Crippen LogP contribution in [0.1, 0.15) is 6.42 Å². The normalized spacial score (nSPS) is 22.9. The Morgan fingerprint density at radius 3 is 3.27 bits per heavy atom. The molecule has 1 aromatic rings. The molecule has 4 nitrogen and oxygen atoms in total. The van der Waals surface area contributed by atoms with E-state index in [4.69, 9.17) is 0 Å². The van der Waals surface area contributed by atoms with Crippen molar-refractivity contribution >= 4 is 11.6 Å². The van der Waals surface area contributed by atoms with Crippen molar-refractivity contribution in [3.8, 4) is 0 Å². The summed E-state index contributed by atoms with van der Waals surface area (Å²) in [5.41, 5.74) is 7.43. The number of nitrogens with one attached hydrogen (secondary N) is 2. The Morgan fingerprint density at radius 2 is 2.33 bits per heavy atom. The molecule has 2 heterocycles. The second-order valence-corrected chi connectivity index (χ2v) is 3.81. The van der Waals surface area contributed by atoms with E-state index in [0.717, 1.165) is 23.4 Å². The highest BCUT2D eigenvalue weighted by Crippen LogP contribution is 2.11. The molecular weight excluding hydrogens is 190 g/mol. The third-order valence-corrected chi connectivity index (χ3v) is 2.93. The van der Waals surface area contributed by atoms with E-state index >= 15 is 0 Å². The fraction of sp³-hybridized carbons (Fsp3) is 0.273. The molecule has 0 bridgehead atoms. The first-order valence-corrected chi connectivity index (χ1v) is 5.02. The summed E-state index contributed by atoms with van der Waals surface area (Å²) in [7, 11) is 0. The third-order valence-electron chi connectivity index (χ3n) is 2.93. The van der Waals surface area contributed by atoms with Gasteiger partial charge in [0, 0.05) is 30.1 Å². The Hall–Kier alpha value is -1.52. The zero-order chi connectivity index (χ0) is 10.3. The molecule has 1 saturated heterocycles. The first-order chi connectivity index (χ1) is 7.34. The van der Waals surface area contributed by atoms with E-state index < -0.39 is 0 Å². The number of hydrogen-bond donors (Lipinski definition) is 2. The van der Waals surface area contributed by atoms with Crippen LogP contribution in [0.2, 0.25) is 0 Å². The lowest BCUT2D eigenvalue weighted by Crippen LogP contribution is -2.36. The third kappa shape index (κ3) is 1.38. The lowest BCUT2D eigenvalue weighted by atomic mass is 9.98. The van der Waals surface area contributed by atoms with E-state index in [1.165, 1.54) is 11.6 Å². The van der Waals surface area contributed by atoms with Crippen LogP contribution in [0, 0.1) is 0 Å². The Morgan fingerprint density at radius 1 is 1.40 bits per heavy atom. The summed E-state index contributed by atoms with van der Waals surface area (Å²) in [4.78, 5) is 15.0. The number of aromatic nitrogens is 1. The van der Waals surface area contributed by atoms with Gasteiger partial charge in [-0.1, -0.05) is 6.08 Å². The van der Waals surface area contributed by atoms with Gasteiger partial charge >= 0.3 is 0 Å². The molecule has 1 unspecified atom stereocenters. The molecule has 0 aromatic carbocycles. The maximum Gasteiger partial charge on any atom is 0.269 e. The van der Waals surface area contributed by atoms with E-state index in [0.29, 0.717) is 6.04 Å². The molecule has 76 valence electrons. The van der Waals surface area contributed by atoms with Gasteiger partial charge < -0.3 is 0 Å². The van der Waals surface area contributed by atoms with Gasteiger partial charge in [-0.3, -0.25) is 10.2 Å². The minimum Gasteiger partial charge on any atom is -0.267 e. The van der Waals surface area contributed by atoms with Crippen molar-refractivity contribution in [2.24, 2.45) is 0 Å². The van der Waals surface area contributed by atoms with Crippen molar-refractivity contribution in [1.82, 2.24) is 15.8 Å². The largest absolute Gasteiger partial charge is 0.269 e. The molecule has 4 heteroatoms. The molecule has 1 atom stereocenters. The van der Waals surface area contributed by atoms with Crippen molar-refractivity contribution in [2.75, 3.05) is 6.54 Å². The zero-order valence-corrected chi connectivity index (χ0v) is 8.16. The highest BCUT2D eigenvalue weighted by atomic mass is 16.1. The lowest BCUT2D eigenvalue weighted by Gasteiger charge is -2.11. The number of hydrogen-bond acceptors (Lipinski definition) is 4. The molecule has 0 saturated carbocycles. The van der Waals surface area contributed by atoms with E-state index in [9.17, 15) is 4.79 Å². The Labute approximate surface area is 86.3 Å². The molecule has 2 aliphatic rings. The number of fused-ring (bicyclic) bond motifs is 2. The average molecular weight is 201 g/mol. The second kappa shape index (κ2) is 3.25. The summed E-state index contributed by atoms with van der Waals surface area (Å²) in [5, 5.41) is 2.20. The van der Waals surface area contributed by atoms with Crippen LogP contribution in [0.3, 0.4) is 0 Å². The Kier molecular flexibility index (Phi) is 1.90. The first kappa shape index (κ1) is 8.76. The second-order valence-electron chi connectivity index (χ2n) is 3.81. The molecule has 3 rings (SSSR count). The van der Waals surface area contributed by atoms with E-state index in [2.05, 4.69) is 21.9 Å². The smallest absolute Gasteiger partial charge is 0.267 e. The molecule has 1 aliphatic heterocycles. The predicted octanol–water partition coefficient (Wildman–Crippen LogP) is -1.75. The summed E-state index contributed by atoms with van der Waals surface area (Å²) >= 11 is 0. The summed E-state index contributed by atoms with van der Waals surface area (Å²) in [6.45, 7) is 0.825. The van der Waals surface area contributed by atoms with Gasteiger partial charge in [0.25, 0.3) is 5.56 Å². The van der Waals surface area contributed by atoms with Crippen molar-refractivity contribution in [3.05, 3.63) is 39.1 Å². The number of hydrazine groups is 1. The zero-order valence-electron chi connectivity index (χ0n) is 8.16. The van der Waals surface area contributed by atoms with Crippen LogP contribution in [0.15, 0.2) is 23.1 Å². The van der Waals surface area contributed by atoms with E-state index in [1.54, 1.807) is 6.20 Å². The van der Waals surface area contributed by atoms with E-state index in [1.807, 2.05) is 6.07 Å². The maximum atomic E-state index is 11.2. The fourth-order valence-electron chi connectivity index (χ4n) is 2.15. The van der Waals surface area contributed by atoms with Crippen LogP contribution in [0.5, 0.6) is 0 Å². The molecule has 0 amide bonds. The summed E-state index contributed by atoms with van der Waals surface area (Å²) in [6.07, 6.45) is 4.79. The number of rotatable bonds is 0. The van der Waals surface area contributed by atoms with Crippen LogP contribution >= 0.6 is 0 Å². The van der Waals surface area contributed by atoms with Gasteiger partial charge in [-0.15, -0.1) is 0 Å². The van der Waals surface area contributed by atoms with Gasteiger partial charge in [0.05, 0.1) is 0 Å². The standard InChI is InChI=1S/C11H11N3O/c15-11-4-2-7-1-3-10-9(6-13-14-10)8(7)5-12-11/h1-2,4-5,10,13-14H,3,6H2. The molecule has 1 fully saturated rings. The number of nitrogens with zero attached hydrogens (tertiary/aromatic N) is 1. The minimum absolute atomic E-state index is 0.186. The summed E-state index contributed by atoms with van der Waals surface area (Å²) < 4.78 is 0. The van der Waals surface area contributed by atoms with Crippen molar-refractivity contribution in [3.63, 3.8) is 0 Å². The quantitative estimate of drug-likeness (QED) is 0.523. The van der Waals surface area contributed by atoms with Crippen LogP contribution in [-0.2, 0) is 0 Å². The minimum atomic E-state index is -0.186. The topological polar surface area (TPSA) is 54.0 Å². The predicted molar refractivity (Wildman–Crippen MR) is 57.2 cm³/mol. The average Bonchev–Trinajstić information content (AvgIpc) is 2.64. The van der Waals surface area contributed by atoms with Gasteiger partial charge in [0.15, 0.2) is 0 Å². The molecule has 1 aliphatic carbocycles.